The van der Waals surface area contributed by atoms with E-state index in [0.717, 1.165) is 13.0 Å². The highest BCUT2D eigenvalue weighted by Crippen LogP contribution is 2.31. The van der Waals surface area contributed by atoms with Crippen LogP contribution in [0.1, 0.15) is 30.0 Å². The Balaban J connectivity index is 2.34. The van der Waals surface area contributed by atoms with Crippen LogP contribution in [0.4, 0.5) is 0 Å². The Kier molecular flexibility index (Phi) is 4.72. The summed E-state index contributed by atoms with van der Waals surface area (Å²) >= 11 is 1.91. The van der Waals surface area contributed by atoms with Crippen LogP contribution in [0.2, 0.25) is 0 Å². The van der Waals surface area contributed by atoms with Gasteiger partial charge in [-0.2, -0.15) is 11.8 Å². The monoisotopic (exact) mass is 262 g/mol. The second-order valence-electron chi connectivity index (χ2n) is 4.77. The van der Waals surface area contributed by atoms with Gasteiger partial charge in [0.15, 0.2) is 0 Å². The maximum atomic E-state index is 5.76. The molecule has 1 aromatic heterocycles. The molecule has 1 unspecified atom stereocenters. The molecule has 2 nitrogen and oxygen atoms in total. The minimum atomic E-state index is 0.565. The molecule has 2 aromatic rings. The number of para-hydroxylation sites is 1. The molecule has 3 N–H and O–H groups in total. The van der Waals surface area contributed by atoms with Crippen molar-refractivity contribution in [3.63, 3.8) is 0 Å². The normalized spacial score (nSPS) is 13.1. The third-order valence-electron chi connectivity index (χ3n) is 3.60. The average molecular weight is 262 g/mol. The van der Waals surface area contributed by atoms with Gasteiger partial charge in [-0.1, -0.05) is 18.2 Å². The summed E-state index contributed by atoms with van der Waals surface area (Å²) in [6, 6.07) is 8.54. The molecule has 2 rings (SSSR count). The molecule has 0 radical (unpaired) electrons. The molecule has 1 heterocycles. The minimum Gasteiger partial charge on any atom is -0.358 e. The predicted octanol–water partition coefficient (Wildman–Crippen LogP) is 3.66. The van der Waals surface area contributed by atoms with Crippen molar-refractivity contribution < 1.29 is 0 Å². The molecule has 0 aliphatic carbocycles. The van der Waals surface area contributed by atoms with Crippen LogP contribution in [0.15, 0.2) is 24.3 Å². The fourth-order valence-electron chi connectivity index (χ4n) is 2.61. The predicted molar refractivity (Wildman–Crippen MR) is 82.4 cm³/mol. The summed E-state index contributed by atoms with van der Waals surface area (Å²) in [7, 11) is 0. The molecule has 0 fully saturated rings. The van der Waals surface area contributed by atoms with Gasteiger partial charge < -0.3 is 10.7 Å². The summed E-state index contributed by atoms with van der Waals surface area (Å²) in [5.74, 6) is 1.76. The van der Waals surface area contributed by atoms with Crippen molar-refractivity contribution in [3.8, 4) is 0 Å². The Morgan fingerprint density at radius 3 is 2.72 bits per heavy atom. The number of aromatic amines is 1. The van der Waals surface area contributed by atoms with Crippen molar-refractivity contribution >= 4 is 22.7 Å². The Morgan fingerprint density at radius 1 is 1.28 bits per heavy atom. The molecule has 0 saturated carbocycles. The lowest BCUT2D eigenvalue weighted by Gasteiger charge is -2.15. The van der Waals surface area contributed by atoms with Crippen LogP contribution in [0.5, 0.6) is 0 Å². The van der Waals surface area contributed by atoms with Crippen LogP contribution >= 0.6 is 11.8 Å². The molecule has 0 aliphatic heterocycles. The quantitative estimate of drug-likeness (QED) is 0.834. The van der Waals surface area contributed by atoms with Crippen molar-refractivity contribution in [3.05, 3.63) is 35.5 Å². The number of nitrogens with one attached hydrogen (secondary N) is 1. The molecule has 0 aliphatic rings. The molecule has 0 saturated heterocycles. The van der Waals surface area contributed by atoms with Crippen LogP contribution < -0.4 is 5.73 Å². The number of hydrogen-bond donors (Lipinski definition) is 2. The molecule has 18 heavy (non-hydrogen) atoms. The first-order chi connectivity index (χ1) is 8.77. The Morgan fingerprint density at radius 2 is 2.06 bits per heavy atom. The van der Waals surface area contributed by atoms with Crippen molar-refractivity contribution in [2.45, 2.75) is 25.7 Å². The number of nitrogens with two attached hydrogens (primary N) is 1. The number of benzene rings is 1. The topological polar surface area (TPSA) is 41.8 Å². The van der Waals surface area contributed by atoms with Crippen molar-refractivity contribution in [1.29, 1.82) is 0 Å². The number of hydrogen-bond acceptors (Lipinski definition) is 2. The minimum absolute atomic E-state index is 0.565. The maximum absolute atomic E-state index is 5.76. The van der Waals surface area contributed by atoms with Crippen LogP contribution in [-0.4, -0.2) is 23.5 Å². The zero-order valence-corrected chi connectivity index (χ0v) is 12.0. The molecule has 1 atom stereocenters. The standard InChI is InChI=1S/C15H22N2S/c1-11-13-5-3-4-6-14(13)17-15(11)12(7-9-16)8-10-18-2/h3-6,12,17H,7-10,16H2,1-2H3. The van der Waals surface area contributed by atoms with Crippen LogP contribution in [0.3, 0.4) is 0 Å². The maximum Gasteiger partial charge on any atom is 0.0458 e. The molecule has 0 amide bonds. The largest absolute Gasteiger partial charge is 0.358 e. The summed E-state index contributed by atoms with van der Waals surface area (Å²) in [5, 5.41) is 1.35. The zero-order chi connectivity index (χ0) is 13.0. The van der Waals surface area contributed by atoms with Crippen molar-refractivity contribution in [2.24, 2.45) is 5.73 Å². The summed E-state index contributed by atoms with van der Waals surface area (Å²) in [6.45, 7) is 2.98. The molecule has 0 spiro atoms. The van der Waals surface area contributed by atoms with Crippen molar-refractivity contribution in [2.75, 3.05) is 18.6 Å². The Bertz CT molecular complexity index is 504. The average Bonchev–Trinajstić information content (AvgIpc) is 2.73. The lowest BCUT2D eigenvalue weighted by Crippen LogP contribution is -2.09. The van der Waals surface area contributed by atoms with E-state index in [2.05, 4.69) is 42.4 Å². The molecular formula is C15H22N2S. The summed E-state index contributed by atoms with van der Waals surface area (Å²) < 4.78 is 0. The number of H-pyrrole nitrogens is 1. The molecule has 0 bridgehead atoms. The first-order valence-corrected chi connectivity index (χ1v) is 7.93. The highest BCUT2D eigenvalue weighted by atomic mass is 32.2. The van der Waals surface area contributed by atoms with E-state index in [1.807, 2.05) is 11.8 Å². The number of aromatic nitrogens is 1. The second-order valence-corrected chi connectivity index (χ2v) is 5.75. The van der Waals surface area contributed by atoms with Gasteiger partial charge in [-0.25, -0.2) is 0 Å². The SMILES string of the molecule is CSCCC(CCN)c1[nH]c2ccccc2c1C. The Hall–Kier alpha value is -0.930. The van der Waals surface area contributed by atoms with E-state index in [9.17, 15) is 0 Å². The highest BCUT2D eigenvalue weighted by Gasteiger charge is 2.16. The van der Waals surface area contributed by atoms with Crippen molar-refractivity contribution in [1.82, 2.24) is 4.98 Å². The number of thioether (sulfide) groups is 1. The van der Waals surface area contributed by atoms with E-state index in [1.54, 1.807) is 0 Å². The number of fused-ring (bicyclic) bond motifs is 1. The van der Waals surface area contributed by atoms with E-state index >= 15 is 0 Å². The summed E-state index contributed by atoms with van der Waals surface area (Å²) in [5.41, 5.74) is 9.79. The van der Waals surface area contributed by atoms with Gasteiger partial charge in [0.2, 0.25) is 0 Å². The highest BCUT2D eigenvalue weighted by molar-refractivity contribution is 7.98. The molecular weight excluding hydrogens is 240 g/mol. The van der Waals surface area contributed by atoms with E-state index < -0.39 is 0 Å². The van der Waals surface area contributed by atoms with Gasteiger partial charge in [0.05, 0.1) is 0 Å². The van der Waals surface area contributed by atoms with Gasteiger partial charge in [0.25, 0.3) is 0 Å². The first-order valence-electron chi connectivity index (χ1n) is 6.54. The van der Waals surface area contributed by atoms with Gasteiger partial charge in [0.1, 0.15) is 0 Å². The van der Waals surface area contributed by atoms with Crippen LogP contribution in [-0.2, 0) is 0 Å². The zero-order valence-electron chi connectivity index (χ0n) is 11.2. The van der Waals surface area contributed by atoms with Gasteiger partial charge in [-0.05, 0) is 49.9 Å². The molecule has 98 valence electrons. The van der Waals surface area contributed by atoms with E-state index in [1.165, 1.54) is 34.3 Å². The fourth-order valence-corrected chi connectivity index (χ4v) is 3.13. The summed E-state index contributed by atoms with van der Waals surface area (Å²) in [4.78, 5) is 3.59. The Labute approximate surface area is 113 Å². The summed E-state index contributed by atoms with van der Waals surface area (Å²) in [6.07, 6.45) is 4.43. The number of aryl methyl sites for hydroxylation is 1. The van der Waals surface area contributed by atoms with Gasteiger partial charge >= 0.3 is 0 Å². The molecule has 3 heteroatoms. The van der Waals surface area contributed by atoms with E-state index in [-0.39, 0.29) is 0 Å². The van der Waals surface area contributed by atoms with E-state index in [4.69, 9.17) is 5.73 Å². The van der Waals surface area contributed by atoms with Crippen LogP contribution in [0, 0.1) is 6.92 Å². The second kappa shape index (κ2) is 6.30. The van der Waals surface area contributed by atoms with Gasteiger partial charge in [-0.15, -0.1) is 0 Å². The van der Waals surface area contributed by atoms with E-state index in [0.29, 0.717) is 5.92 Å². The fraction of sp³-hybridized carbons (Fsp3) is 0.467. The smallest absolute Gasteiger partial charge is 0.0458 e. The number of rotatable bonds is 6. The van der Waals surface area contributed by atoms with Gasteiger partial charge in [-0.3, -0.25) is 0 Å². The van der Waals surface area contributed by atoms with Crippen LogP contribution in [0.25, 0.3) is 10.9 Å². The lowest BCUT2D eigenvalue weighted by atomic mass is 9.95. The lowest BCUT2D eigenvalue weighted by molar-refractivity contribution is 0.604. The third kappa shape index (κ3) is 2.73. The first kappa shape index (κ1) is 13.5. The van der Waals surface area contributed by atoms with Gasteiger partial charge in [0, 0.05) is 22.5 Å². The third-order valence-corrected chi connectivity index (χ3v) is 4.24. The molecule has 1 aromatic carbocycles.